The van der Waals surface area contributed by atoms with Crippen LogP contribution >= 0.6 is 0 Å². The number of amides is 4. The topological polar surface area (TPSA) is 341 Å². The minimum absolute atomic E-state index is 0.0910. The van der Waals surface area contributed by atoms with Gasteiger partial charge >= 0.3 is 5.63 Å². The summed E-state index contributed by atoms with van der Waals surface area (Å²) in [6.07, 6.45) is 16.6. The highest BCUT2D eigenvalue weighted by Gasteiger charge is 2.49. The Bertz CT molecular complexity index is 5890. The highest BCUT2D eigenvalue weighted by Crippen LogP contribution is 2.46. The van der Waals surface area contributed by atoms with Crippen molar-refractivity contribution in [2.75, 3.05) is 26.2 Å². The van der Waals surface area contributed by atoms with E-state index < -0.39 is 33.2 Å². The first-order chi connectivity index (χ1) is 63.8. The Morgan fingerprint density at radius 2 is 0.705 bits per heavy atom. The van der Waals surface area contributed by atoms with E-state index in [1.54, 1.807) is 116 Å². The molecule has 0 aliphatic heterocycles. The van der Waals surface area contributed by atoms with Crippen molar-refractivity contribution in [3.8, 4) is 0 Å². The van der Waals surface area contributed by atoms with E-state index in [1.807, 2.05) is 192 Å². The molecule has 0 fully saturated rings. The molecular weight excluding hydrogens is 1650 g/mol. The molecule has 9 aromatic heterocycles. The number of rotatable bonds is 39. The van der Waals surface area contributed by atoms with Crippen molar-refractivity contribution in [1.82, 2.24) is 82.4 Å². The normalized spacial score (nSPS) is 12.4. The second kappa shape index (κ2) is 48.9. The average molecular weight is 1770 g/mol. The number of nitrogens with zero attached hydrogens (tertiary/aromatic N) is 9. The molecule has 0 radical (unpaired) electrons. The molecule has 680 valence electrons. The Morgan fingerprint density at radius 1 is 0.364 bits per heavy atom. The number of carbonyl (C=O) groups excluding carboxylic acids is 4. The standard InChI is InChI=1S/C30H32N4O.C27H28N4O3.C26H31N5O3.C24H28N4O/c1-29(2,34-28(35)27-18-10-12-21-33-27)30(24-13-5-3-6-14-24,25-15-7-4-8-16-25)19-22-31-23-26-17-9-11-20-32-26;1-27(2,31-26(33)23-11-6-8-15-30-23)22(13-16-28-18-19-9-5-7-14-29-19)21-17-25(32)34-24-12-4-3-10-20(21)24;1-19(21-11-4-5-13-24(21)31(33)34)22(14-17-27-18-20-10-6-8-15-28-20)26(2,3)30-25(32)23-12-7-9-16-29-23;1-24(2,28-23(29)22-13-7-9-16-27-22)21(19-10-4-3-5-11-19)14-17-25-18-20-12-6-8-15-26-20/h3-18,20-21,31H,19,22-23H2,1-2H3,(H,34,35);3-12,14-15,17,22,28H,13,16,18H2,1-2H3,(H,31,33);4-13,15-16,19,22,27H,14,17-18H2,1-3H3,(H,30,32);3-13,15-16,21,25H,14,17-18H2,1-2H3,(H,28,29). The van der Waals surface area contributed by atoms with Crippen LogP contribution in [-0.4, -0.2) is 117 Å². The molecule has 14 rings (SSSR count). The van der Waals surface area contributed by atoms with Crippen molar-refractivity contribution in [2.45, 2.75) is 160 Å². The first-order valence-corrected chi connectivity index (χ1v) is 44.6. The molecule has 0 spiro atoms. The second-order valence-electron chi connectivity index (χ2n) is 34.5. The lowest BCUT2D eigenvalue weighted by molar-refractivity contribution is -0.385. The SMILES string of the molecule is CC(C)(NC(=O)c1ccccn1)C(CCNCc1ccccn1)(c1ccccc1)c1ccccc1.CC(C)(NC(=O)c1ccccn1)C(CCNCc1ccccn1)c1cc(=O)oc2ccccc12.CC(C)(NC(=O)c1ccccn1)C(CCNCc1ccccn1)c1ccccc1.CC(c1ccccc1[N+](=O)[O-])C(CCNCc1ccccn1)C(C)(C)NC(=O)c1ccccn1. The molecule has 14 aromatic rings. The molecule has 8 N–H and O–H groups in total. The van der Waals surface area contributed by atoms with Crippen molar-refractivity contribution in [1.29, 1.82) is 0 Å². The van der Waals surface area contributed by atoms with E-state index in [4.69, 9.17) is 4.42 Å². The summed E-state index contributed by atoms with van der Waals surface area (Å²) in [5.74, 6) is -1.19. The number of hydrogen-bond acceptors (Lipinski definition) is 20. The second-order valence-corrected chi connectivity index (χ2v) is 34.5. The van der Waals surface area contributed by atoms with Gasteiger partial charge in [-0.1, -0.05) is 183 Å². The predicted molar refractivity (Wildman–Crippen MR) is 518 cm³/mol. The van der Waals surface area contributed by atoms with Crippen LogP contribution in [-0.2, 0) is 31.6 Å². The van der Waals surface area contributed by atoms with Crippen LogP contribution in [0.1, 0.15) is 198 Å². The van der Waals surface area contributed by atoms with Gasteiger partial charge in [-0.15, -0.1) is 0 Å². The molecule has 4 atom stereocenters. The number of nitrogens with one attached hydrogen (secondary N) is 8. The van der Waals surface area contributed by atoms with E-state index in [0.29, 0.717) is 79.5 Å². The molecule has 4 amide bonds. The van der Waals surface area contributed by atoms with Gasteiger partial charge in [0.25, 0.3) is 29.3 Å². The average Bonchev–Trinajstić information content (AvgIpc) is 0.739. The van der Waals surface area contributed by atoms with Gasteiger partial charge in [-0.05, 0) is 244 Å². The number of benzene rings is 5. The largest absolute Gasteiger partial charge is 0.423 e. The fraction of sp³-hybridized carbons (Fsp3) is 0.280. The molecule has 9 heterocycles. The van der Waals surface area contributed by atoms with E-state index >= 15 is 0 Å². The van der Waals surface area contributed by atoms with Crippen LogP contribution in [0.4, 0.5) is 5.69 Å². The number of nitro benzene ring substituents is 1. The van der Waals surface area contributed by atoms with E-state index in [-0.39, 0.29) is 57.9 Å². The molecule has 25 heteroatoms. The third-order valence-electron chi connectivity index (χ3n) is 23.7. The lowest BCUT2D eigenvalue weighted by Crippen LogP contribution is -2.60. The summed E-state index contributed by atoms with van der Waals surface area (Å²) in [6.45, 7) is 23.8. The van der Waals surface area contributed by atoms with Crippen LogP contribution in [0.15, 0.2) is 350 Å². The van der Waals surface area contributed by atoms with Gasteiger partial charge in [0.2, 0.25) is 0 Å². The van der Waals surface area contributed by atoms with Crippen LogP contribution < -0.4 is 48.2 Å². The minimum Gasteiger partial charge on any atom is -0.423 e. The van der Waals surface area contributed by atoms with Crippen LogP contribution in [0.2, 0.25) is 0 Å². The lowest BCUT2D eigenvalue weighted by atomic mass is 9.60. The van der Waals surface area contributed by atoms with Crippen LogP contribution in [0, 0.1) is 16.0 Å². The number of nitro groups is 1. The minimum atomic E-state index is -0.683. The Morgan fingerprint density at radius 3 is 1.11 bits per heavy atom. The number of fused-ring (bicyclic) bond motifs is 1. The molecule has 25 nitrogen and oxygen atoms in total. The molecule has 0 saturated heterocycles. The third-order valence-corrected chi connectivity index (χ3v) is 23.7. The van der Waals surface area contributed by atoms with Crippen molar-refractivity contribution < 1.29 is 28.5 Å². The fourth-order valence-corrected chi connectivity index (χ4v) is 17.1. The van der Waals surface area contributed by atoms with Crippen LogP contribution in [0.25, 0.3) is 11.0 Å². The van der Waals surface area contributed by atoms with Gasteiger partial charge in [0.05, 0.1) is 27.7 Å². The van der Waals surface area contributed by atoms with Gasteiger partial charge in [-0.3, -0.25) is 69.2 Å². The summed E-state index contributed by atoms with van der Waals surface area (Å²) in [7, 11) is 0. The molecule has 5 aromatic carbocycles. The first kappa shape index (κ1) is 98.2. The van der Waals surface area contributed by atoms with Gasteiger partial charge in [-0.25, -0.2) is 4.79 Å². The van der Waals surface area contributed by atoms with Crippen molar-refractivity contribution in [2.24, 2.45) is 5.92 Å². The Balaban J connectivity index is 0.000000170. The van der Waals surface area contributed by atoms with Crippen LogP contribution in [0.3, 0.4) is 0 Å². The maximum Gasteiger partial charge on any atom is 0.336 e. The number of hydrogen-bond donors (Lipinski definition) is 8. The maximum absolute atomic E-state index is 13.3. The van der Waals surface area contributed by atoms with E-state index in [0.717, 1.165) is 77.3 Å². The summed E-state index contributed by atoms with van der Waals surface area (Å²) >= 11 is 0. The highest BCUT2D eigenvalue weighted by molar-refractivity contribution is 5.94. The summed E-state index contributed by atoms with van der Waals surface area (Å²) in [5.41, 5.74) is 7.72. The van der Waals surface area contributed by atoms with Gasteiger partial charge < -0.3 is 47.0 Å². The quantitative estimate of drug-likeness (QED) is 0.00768. The Kier molecular flexibility index (Phi) is 36.4. The zero-order valence-corrected chi connectivity index (χ0v) is 76.4. The van der Waals surface area contributed by atoms with Crippen molar-refractivity contribution in [3.05, 3.63) is 435 Å². The summed E-state index contributed by atoms with van der Waals surface area (Å²) in [5, 5.41) is 39.2. The molecule has 0 saturated carbocycles. The monoisotopic (exact) mass is 1770 g/mol. The summed E-state index contributed by atoms with van der Waals surface area (Å²) < 4.78 is 5.42. The van der Waals surface area contributed by atoms with Gasteiger partial charge in [0.1, 0.15) is 28.4 Å². The van der Waals surface area contributed by atoms with Crippen molar-refractivity contribution in [3.63, 3.8) is 0 Å². The van der Waals surface area contributed by atoms with Gasteiger partial charge in [0.15, 0.2) is 0 Å². The molecule has 0 aliphatic carbocycles. The molecule has 4 unspecified atom stereocenters. The lowest BCUT2D eigenvalue weighted by Gasteiger charge is -2.48. The van der Waals surface area contributed by atoms with Crippen LogP contribution in [0.5, 0.6) is 0 Å². The zero-order valence-electron chi connectivity index (χ0n) is 76.4. The summed E-state index contributed by atoms with van der Waals surface area (Å²) in [4.78, 5) is 110. The number of aromatic nitrogens is 8. The van der Waals surface area contributed by atoms with E-state index in [2.05, 4.69) is 171 Å². The Hall–Kier alpha value is -14.4. The van der Waals surface area contributed by atoms with Gasteiger partial charge in [0, 0.05) is 138 Å². The molecule has 0 aliphatic rings. The number of para-hydroxylation sites is 2. The van der Waals surface area contributed by atoms with E-state index in [1.165, 1.54) is 11.6 Å². The maximum atomic E-state index is 13.3. The zero-order chi connectivity index (χ0) is 93.6. The smallest absolute Gasteiger partial charge is 0.336 e. The molecular formula is C107H119N17O8. The fourth-order valence-electron chi connectivity index (χ4n) is 17.1. The number of pyridine rings is 8. The summed E-state index contributed by atoms with van der Waals surface area (Å²) in [6, 6.07) is 91.7. The third kappa shape index (κ3) is 28.3. The predicted octanol–water partition coefficient (Wildman–Crippen LogP) is 17.6. The first-order valence-electron chi connectivity index (χ1n) is 44.6. The molecule has 0 bridgehead atoms. The highest BCUT2D eigenvalue weighted by atomic mass is 16.6. The Labute approximate surface area is 773 Å². The molecule has 132 heavy (non-hydrogen) atoms. The number of carbonyl (C=O) groups is 4. The van der Waals surface area contributed by atoms with Crippen molar-refractivity contribution >= 4 is 40.3 Å². The van der Waals surface area contributed by atoms with E-state index in [9.17, 15) is 34.1 Å². The van der Waals surface area contributed by atoms with Gasteiger partial charge in [-0.2, -0.15) is 0 Å².